The number of benzene rings is 1. The number of piperidine rings is 1. The van der Waals surface area contributed by atoms with E-state index >= 15 is 0 Å². The lowest BCUT2D eigenvalue weighted by molar-refractivity contribution is -0.121. The second-order valence-electron chi connectivity index (χ2n) is 4.63. The van der Waals surface area contributed by atoms with E-state index in [0.29, 0.717) is 0 Å². The fraction of sp³-hybridized carbons (Fsp3) is 0.500. The maximum absolute atomic E-state index is 12.3. The fourth-order valence-corrected chi connectivity index (χ4v) is 2.39. The first kappa shape index (κ1) is 12.9. The van der Waals surface area contributed by atoms with Crippen LogP contribution in [-0.2, 0) is 4.79 Å². The summed E-state index contributed by atoms with van der Waals surface area (Å²) in [6.45, 7) is 2.80. The van der Waals surface area contributed by atoms with Gasteiger partial charge in [-0.2, -0.15) is 0 Å². The zero-order chi connectivity index (χ0) is 13.1. The van der Waals surface area contributed by atoms with Crippen LogP contribution in [0.1, 0.15) is 18.4 Å². The number of anilines is 1. The lowest BCUT2D eigenvalue weighted by Crippen LogP contribution is -2.50. The lowest BCUT2D eigenvalue weighted by atomic mass is 10.0. The molecule has 2 rings (SSSR count). The molecule has 1 unspecified atom stereocenters. The van der Waals surface area contributed by atoms with E-state index < -0.39 is 0 Å². The van der Waals surface area contributed by atoms with Crippen molar-refractivity contribution in [1.29, 1.82) is 0 Å². The molecule has 4 nitrogen and oxygen atoms in total. The SMILES string of the molecule is CNC1CCCN(c2cc(OC)ccc2C)C1=O. The molecule has 0 radical (unpaired) electrons. The van der Waals surface area contributed by atoms with Gasteiger partial charge in [-0.15, -0.1) is 0 Å². The summed E-state index contributed by atoms with van der Waals surface area (Å²) >= 11 is 0. The monoisotopic (exact) mass is 248 g/mol. The second kappa shape index (κ2) is 5.40. The van der Waals surface area contributed by atoms with Crippen molar-refractivity contribution in [2.45, 2.75) is 25.8 Å². The number of aryl methyl sites for hydroxylation is 1. The number of ether oxygens (including phenoxy) is 1. The molecule has 0 aliphatic carbocycles. The van der Waals surface area contributed by atoms with Crippen molar-refractivity contribution in [2.75, 3.05) is 25.6 Å². The second-order valence-corrected chi connectivity index (χ2v) is 4.63. The molecular weight excluding hydrogens is 228 g/mol. The Labute approximate surface area is 108 Å². The molecule has 1 aromatic carbocycles. The van der Waals surface area contributed by atoms with Crippen molar-refractivity contribution in [2.24, 2.45) is 0 Å². The molecule has 1 atom stereocenters. The maximum Gasteiger partial charge on any atom is 0.244 e. The molecule has 18 heavy (non-hydrogen) atoms. The van der Waals surface area contributed by atoms with Crippen LogP contribution in [0.5, 0.6) is 5.75 Å². The predicted octanol–water partition coefficient (Wildman–Crippen LogP) is 1.72. The quantitative estimate of drug-likeness (QED) is 0.885. The minimum absolute atomic E-state index is 0.0654. The molecule has 1 saturated heterocycles. The largest absolute Gasteiger partial charge is 0.497 e. The highest BCUT2D eigenvalue weighted by Gasteiger charge is 2.29. The molecule has 0 bridgehead atoms. The Balaban J connectivity index is 2.32. The molecule has 1 aliphatic rings. The zero-order valence-electron chi connectivity index (χ0n) is 11.2. The first-order chi connectivity index (χ1) is 8.67. The molecule has 1 N–H and O–H groups in total. The van der Waals surface area contributed by atoms with Crippen molar-refractivity contribution in [3.63, 3.8) is 0 Å². The lowest BCUT2D eigenvalue weighted by Gasteiger charge is -2.33. The first-order valence-corrected chi connectivity index (χ1v) is 6.30. The van der Waals surface area contributed by atoms with E-state index in [1.54, 1.807) is 7.11 Å². The number of nitrogens with zero attached hydrogens (tertiary/aromatic N) is 1. The van der Waals surface area contributed by atoms with Gasteiger partial charge in [0.1, 0.15) is 5.75 Å². The van der Waals surface area contributed by atoms with Crippen LogP contribution in [0.3, 0.4) is 0 Å². The molecule has 1 aliphatic heterocycles. The van der Waals surface area contributed by atoms with Crippen molar-refractivity contribution in [3.05, 3.63) is 23.8 Å². The van der Waals surface area contributed by atoms with E-state index in [1.807, 2.05) is 37.1 Å². The normalized spacial score (nSPS) is 20.1. The van der Waals surface area contributed by atoms with Gasteiger partial charge in [0.15, 0.2) is 0 Å². The number of hydrogen-bond donors (Lipinski definition) is 1. The third-order valence-electron chi connectivity index (χ3n) is 3.49. The fourth-order valence-electron chi connectivity index (χ4n) is 2.39. The van der Waals surface area contributed by atoms with Gasteiger partial charge in [0.2, 0.25) is 5.91 Å². The number of carbonyl (C=O) groups is 1. The van der Waals surface area contributed by atoms with E-state index in [0.717, 1.165) is 36.4 Å². The third kappa shape index (κ3) is 2.34. The molecule has 98 valence electrons. The van der Waals surface area contributed by atoms with E-state index in [1.165, 1.54) is 0 Å². The van der Waals surface area contributed by atoms with Gasteiger partial charge in [0.25, 0.3) is 0 Å². The summed E-state index contributed by atoms with van der Waals surface area (Å²) in [5, 5.41) is 3.08. The smallest absolute Gasteiger partial charge is 0.244 e. The van der Waals surface area contributed by atoms with E-state index in [2.05, 4.69) is 5.32 Å². The summed E-state index contributed by atoms with van der Waals surface area (Å²) in [6, 6.07) is 5.78. The highest BCUT2D eigenvalue weighted by atomic mass is 16.5. The molecule has 1 aromatic rings. The van der Waals surface area contributed by atoms with Crippen LogP contribution in [0.2, 0.25) is 0 Å². The Morgan fingerprint density at radius 2 is 2.22 bits per heavy atom. The van der Waals surface area contributed by atoms with Gasteiger partial charge in [-0.25, -0.2) is 0 Å². The van der Waals surface area contributed by atoms with Crippen molar-refractivity contribution in [3.8, 4) is 5.75 Å². The minimum atomic E-state index is -0.0654. The summed E-state index contributed by atoms with van der Waals surface area (Å²) in [4.78, 5) is 14.2. The van der Waals surface area contributed by atoms with Gasteiger partial charge in [-0.3, -0.25) is 4.79 Å². The maximum atomic E-state index is 12.3. The summed E-state index contributed by atoms with van der Waals surface area (Å²) in [5.41, 5.74) is 2.06. The number of methoxy groups -OCH3 is 1. The average molecular weight is 248 g/mol. The zero-order valence-corrected chi connectivity index (χ0v) is 11.2. The van der Waals surface area contributed by atoms with Crippen molar-refractivity contribution in [1.82, 2.24) is 5.32 Å². The molecule has 0 aromatic heterocycles. The van der Waals surface area contributed by atoms with Crippen LogP contribution < -0.4 is 15.0 Å². The Bertz CT molecular complexity index is 445. The summed E-state index contributed by atoms with van der Waals surface area (Å²) in [7, 11) is 3.48. The van der Waals surface area contributed by atoms with Crippen LogP contribution >= 0.6 is 0 Å². The topological polar surface area (TPSA) is 41.6 Å². The number of nitrogens with one attached hydrogen (secondary N) is 1. The molecule has 0 saturated carbocycles. The van der Waals surface area contributed by atoms with Gasteiger partial charge in [-0.1, -0.05) is 6.07 Å². The molecule has 1 amide bonds. The molecule has 1 fully saturated rings. The number of carbonyl (C=O) groups excluding carboxylic acids is 1. The van der Waals surface area contributed by atoms with Crippen LogP contribution in [0.25, 0.3) is 0 Å². The first-order valence-electron chi connectivity index (χ1n) is 6.30. The third-order valence-corrected chi connectivity index (χ3v) is 3.49. The van der Waals surface area contributed by atoms with Crippen LogP contribution in [0, 0.1) is 6.92 Å². The van der Waals surface area contributed by atoms with E-state index in [4.69, 9.17) is 4.74 Å². The molecular formula is C14H20N2O2. The van der Waals surface area contributed by atoms with Crippen molar-refractivity contribution < 1.29 is 9.53 Å². The Kier molecular flexibility index (Phi) is 3.87. The van der Waals surface area contributed by atoms with Gasteiger partial charge in [0, 0.05) is 12.6 Å². The minimum Gasteiger partial charge on any atom is -0.497 e. The Hall–Kier alpha value is -1.55. The van der Waals surface area contributed by atoms with Crippen molar-refractivity contribution >= 4 is 11.6 Å². The average Bonchev–Trinajstić information content (AvgIpc) is 2.40. The molecule has 1 heterocycles. The van der Waals surface area contributed by atoms with Crippen LogP contribution in [0.15, 0.2) is 18.2 Å². The number of hydrogen-bond acceptors (Lipinski definition) is 3. The summed E-state index contributed by atoms with van der Waals surface area (Å²) in [6.07, 6.45) is 1.93. The van der Waals surface area contributed by atoms with Gasteiger partial charge in [0.05, 0.1) is 18.8 Å². The van der Waals surface area contributed by atoms with E-state index in [9.17, 15) is 4.79 Å². The summed E-state index contributed by atoms with van der Waals surface area (Å²) < 4.78 is 5.24. The van der Waals surface area contributed by atoms with Crippen LogP contribution in [-0.4, -0.2) is 32.7 Å². The van der Waals surface area contributed by atoms with Gasteiger partial charge >= 0.3 is 0 Å². The van der Waals surface area contributed by atoms with Crippen LogP contribution in [0.4, 0.5) is 5.69 Å². The number of likely N-dealkylation sites (N-methyl/N-ethyl adjacent to an activating group) is 1. The predicted molar refractivity (Wildman–Crippen MR) is 72.2 cm³/mol. The highest BCUT2D eigenvalue weighted by molar-refractivity contribution is 5.98. The molecule has 0 spiro atoms. The highest BCUT2D eigenvalue weighted by Crippen LogP contribution is 2.28. The van der Waals surface area contributed by atoms with Gasteiger partial charge in [-0.05, 0) is 38.4 Å². The number of amides is 1. The Morgan fingerprint density at radius 3 is 2.89 bits per heavy atom. The molecule has 4 heteroatoms. The summed E-state index contributed by atoms with van der Waals surface area (Å²) in [5.74, 6) is 0.940. The van der Waals surface area contributed by atoms with Gasteiger partial charge < -0.3 is 15.0 Å². The number of rotatable bonds is 3. The Morgan fingerprint density at radius 1 is 1.44 bits per heavy atom. The van der Waals surface area contributed by atoms with E-state index in [-0.39, 0.29) is 11.9 Å². The standard InChI is InChI=1S/C14H20N2O2/c1-10-6-7-11(18-3)9-13(10)16-8-4-5-12(15-2)14(16)17/h6-7,9,12,15H,4-5,8H2,1-3H3.